The van der Waals surface area contributed by atoms with Crippen LogP contribution in [0.1, 0.15) is 127 Å². The molecule has 0 saturated carbocycles. The third kappa shape index (κ3) is 19.9. The number of pyridine rings is 1. The molecule has 5 amide bonds. The number of thiazole rings is 1. The molecule has 3 aromatic rings. The summed E-state index contributed by atoms with van der Waals surface area (Å²) >= 11 is 1.06. The van der Waals surface area contributed by atoms with Gasteiger partial charge in [-0.2, -0.15) is 0 Å². The SMILES string of the molecule is CCCC(=O)OCN(C(=O)C(NC(=O)[C@H]1CCCCN1C)C(C)CC)[C@H](C[C@@H](OC(C)=O)c1nc(C(=O)N[C@@H](Cc2ccc(O)cc2)C[C@H](C)C(=O)NNC(=O)OCCSSc2ncccc2[N+](=O)[O-])cs1)C(C)C. The van der Waals surface area contributed by atoms with Crippen molar-refractivity contribution in [3.05, 3.63) is 74.4 Å². The molecular formula is C50H71N9O13S3. The van der Waals surface area contributed by atoms with Crippen LogP contribution in [0.15, 0.2) is 53.0 Å². The number of hydrazine groups is 1. The number of phenols is 1. The molecule has 3 heterocycles. The predicted molar refractivity (Wildman–Crippen MR) is 283 cm³/mol. The van der Waals surface area contributed by atoms with Gasteiger partial charge in [-0.3, -0.25) is 49.2 Å². The molecule has 1 aliphatic heterocycles. The Morgan fingerprint density at radius 2 is 1.73 bits per heavy atom. The number of rotatable bonds is 28. The van der Waals surface area contributed by atoms with Gasteiger partial charge in [-0.25, -0.2) is 20.2 Å². The largest absolute Gasteiger partial charge is 0.508 e. The number of aromatic nitrogens is 2. The number of phenolic OH excluding ortho intramolecular Hbond substituents is 1. The zero-order chi connectivity index (χ0) is 55.2. The van der Waals surface area contributed by atoms with Crippen LogP contribution >= 0.6 is 32.9 Å². The van der Waals surface area contributed by atoms with E-state index >= 15 is 0 Å². The molecule has 0 aliphatic carbocycles. The van der Waals surface area contributed by atoms with Crippen molar-refractivity contribution in [1.82, 2.24) is 41.3 Å². The van der Waals surface area contributed by atoms with Crippen molar-refractivity contribution in [3.8, 4) is 5.75 Å². The first-order chi connectivity index (χ1) is 35.7. The molecule has 5 N–H and O–H groups in total. The Kier molecular flexibility index (Phi) is 25.5. The van der Waals surface area contributed by atoms with Crippen LogP contribution in [0.3, 0.4) is 0 Å². The number of hydrogen-bond donors (Lipinski definition) is 5. The first-order valence-corrected chi connectivity index (χ1v) is 28.2. The Morgan fingerprint density at radius 3 is 2.39 bits per heavy atom. The summed E-state index contributed by atoms with van der Waals surface area (Å²) in [6.45, 7) is 12.5. The molecule has 22 nitrogen and oxygen atoms in total. The van der Waals surface area contributed by atoms with Crippen molar-refractivity contribution in [1.29, 1.82) is 0 Å². The fraction of sp³-hybridized carbons (Fsp3) is 0.580. The zero-order valence-electron chi connectivity index (χ0n) is 43.7. The molecule has 25 heteroatoms. The fourth-order valence-electron chi connectivity index (χ4n) is 8.20. The number of carbonyl (C=O) groups excluding carboxylic acids is 7. The maximum atomic E-state index is 14.9. The number of likely N-dealkylation sites (N-methyl/N-ethyl adjacent to an activating group) is 1. The van der Waals surface area contributed by atoms with E-state index in [-0.39, 0.29) is 83.0 Å². The summed E-state index contributed by atoms with van der Waals surface area (Å²) in [4.78, 5) is 117. The molecule has 0 bridgehead atoms. The highest BCUT2D eigenvalue weighted by Crippen LogP contribution is 2.35. The number of aromatic hydroxyl groups is 1. The lowest BCUT2D eigenvalue weighted by Crippen LogP contribution is -2.59. The molecule has 2 aromatic heterocycles. The van der Waals surface area contributed by atoms with Gasteiger partial charge in [0, 0.05) is 61.2 Å². The topological polar surface area (TPSA) is 291 Å². The molecule has 4 rings (SSSR count). The van der Waals surface area contributed by atoms with Gasteiger partial charge in [0.2, 0.25) is 17.7 Å². The molecule has 1 saturated heterocycles. The van der Waals surface area contributed by atoms with Crippen LogP contribution in [-0.4, -0.2) is 128 Å². The predicted octanol–water partition coefficient (Wildman–Crippen LogP) is 6.88. The number of likely N-dealkylation sites (tertiary alicyclic amines) is 1. The van der Waals surface area contributed by atoms with Gasteiger partial charge in [-0.1, -0.05) is 77.3 Å². The summed E-state index contributed by atoms with van der Waals surface area (Å²) in [7, 11) is 4.14. The monoisotopic (exact) mass is 1100 g/mol. The highest BCUT2D eigenvalue weighted by Gasteiger charge is 2.39. The Balaban J connectivity index is 1.49. The maximum absolute atomic E-state index is 14.9. The highest BCUT2D eigenvalue weighted by atomic mass is 33.1. The number of nitrogens with zero attached hydrogens (tertiary/aromatic N) is 5. The average Bonchev–Trinajstić information content (AvgIpc) is 3.88. The van der Waals surface area contributed by atoms with Gasteiger partial charge in [-0.15, -0.1) is 11.3 Å². The van der Waals surface area contributed by atoms with Crippen LogP contribution in [0.2, 0.25) is 0 Å². The van der Waals surface area contributed by atoms with Crippen molar-refractivity contribution >= 4 is 80.3 Å². The summed E-state index contributed by atoms with van der Waals surface area (Å²) in [6.07, 6.45) is 3.41. The number of esters is 2. The van der Waals surface area contributed by atoms with E-state index in [0.717, 1.165) is 47.1 Å². The molecule has 7 atom stereocenters. The lowest BCUT2D eigenvalue weighted by atomic mass is 9.92. The average molecular weight is 1100 g/mol. The van der Waals surface area contributed by atoms with Crippen LogP contribution in [0.4, 0.5) is 10.5 Å². The number of benzene rings is 1. The standard InChI is InChI=1S/C50H71N9O13S3/c1-9-14-42(62)71-29-58(49(66)43(31(5)10-2)54-46(65)38-15-11-12-22-57(38)8)40(30(3)4)27-41(72-33(7)60)48-53-37(28-73-48)45(64)52-35(26-34-17-19-36(61)20-18-34)25-32(6)44(63)55-56-50(67)70-23-24-74-75-47-39(59(68)69)16-13-21-51-47/h13,16-21,28,30-32,35,38,40-41,43,61H,9-12,14-15,22-27,29H2,1-8H3,(H,52,64)(H,54,65)(H,55,63)(H,56,67)/t31?,32-,35+,38+,40+,41+,43?/m0/s1. The second kappa shape index (κ2) is 31.1. The van der Waals surface area contributed by atoms with Gasteiger partial charge in [0.05, 0.1) is 11.0 Å². The minimum Gasteiger partial charge on any atom is -0.508 e. The van der Waals surface area contributed by atoms with Crippen molar-refractivity contribution < 1.29 is 57.8 Å². The van der Waals surface area contributed by atoms with Gasteiger partial charge in [0.1, 0.15) is 29.1 Å². The smallest absolute Gasteiger partial charge is 0.426 e. The van der Waals surface area contributed by atoms with E-state index in [1.54, 1.807) is 19.1 Å². The second-order valence-electron chi connectivity index (χ2n) is 18.7. The number of piperidine rings is 1. The summed E-state index contributed by atoms with van der Waals surface area (Å²) in [5, 5.41) is 29.1. The molecule has 412 valence electrons. The Bertz CT molecular complexity index is 2400. The minimum atomic E-state index is -1.07. The Hall–Kier alpha value is -6.05. The van der Waals surface area contributed by atoms with Crippen LogP contribution in [-0.2, 0) is 44.6 Å². The van der Waals surface area contributed by atoms with Gasteiger partial charge in [0.25, 0.3) is 5.91 Å². The number of carbonyl (C=O) groups is 7. The van der Waals surface area contributed by atoms with Crippen LogP contribution in [0, 0.1) is 27.9 Å². The maximum Gasteiger partial charge on any atom is 0.426 e. The van der Waals surface area contributed by atoms with E-state index in [1.807, 2.05) is 46.6 Å². The first kappa shape index (κ1) is 61.5. The minimum absolute atomic E-state index is 0.0100. The number of ether oxygens (including phenoxy) is 3. The highest BCUT2D eigenvalue weighted by molar-refractivity contribution is 8.76. The number of nitrogens with one attached hydrogen (secondary N) is 4. The third-order valence-electron chi connectivity index (χ3n) is 12.5. The Labute approximate surface area is 449 Å². The van der Waals surface area contributed by atoms with Crippen molar-refractivity contribution in [2.75, 3.05) is 32.7 Å². The molecule has 1 aromatic carbocycles. The van der Waals surface area contributed by atoms with E-state index in [1.165, 1.54) is 58.5 Å². The van der Waals surface area contributed by atoms with E-state index in [0.29, 0.717) is 19.3 Å². The van der Waals surface area contributed by atoms with Crippen LogP contribution in [0.25, 0.3) is 0 Å². The number of amides is 5. The van der Waals surface area contributed by atoms with E-state index in [9.17, 15) is 48.8 Å². The molecule has 75 heavy (non-hydrogen) atoms. The lowest BCUT2D eigenvalue weighted by Gasteiger charge is -2.39. The van der Waals surface area contributed by atoms with Crippen molar-refractivity contribution in [3.63, 3.8) is 0 Å². The van der Waals surface area contributed by atoms with Gasteiger partial charge < -0.3 is 34.9 Å². The summed E-state index contributed by atoms with van der Waals surface area (Å²) in [6, 6.07) is 6.33. The zero-order valence-corrected chi connectivity index (χ0v) is 46.2. The van der Waals surface area contributed by atoms with Gasteiger partial charge in [0.15, 0.2) is 17.9 Å². The second-order valence-corrected chi connectivity index (χ2v) is 22.0. The fourth-order valence-corrected chi connectivity index (χ4v) is 10.9. The van der Waals surface area contributed by atoms with E-state index < -0.39 is 83.6 Å². The molecule has 1 fully saturated rings. The van der Waals surface area contributed by atoms with Gasteiger partial charge >= 0.3 is 23.7 Å². The van der Waals surface area contributed by atoms with Crippen LogP contribution < -0.4 is 21.5 Å². The first-order valence-electron chi connectivity index (χ1n) is 25.0. The summed E-state index contributed by atoms with van der Waals surface area (Å²) in [5.41, 5.74) is 5.09. The molecule has 0 radical (unpaired) electrons. The summed E-state index contributed by atoms with van der Waals surface area (Å²) < 4.78 is 16.7. The number of hydrogen-bond acceptors (Lipinski definition) is 19. The summed E-state index contributed by atoms with van der Waals surface area (Å²) in [5.74, 6) is -4.18. The quantitative estimate of drug-likeness (QED) is 0.00941. The number of nitro groups is 1. The lowest BCUT2D eigenvalue weighted by molar-refractivity contribution is -0.388. The molecular weight excluding hydrogens is 1030 g/mol. The normalized spacial score (nSPS) is 16.0. The molecule has 0 spiro atoms. The van der Waals surface area contributed by atoms with E-state index in [4.69, 9.17) is 14.2 Å². The van der Waals surface area contributed by atoms with Crippen molar-refractivity contribution in [2.45, 2.75) is 142 Å². The van der Waals surface area contributed by atoms with Crippen LogP contribution in [0.5, 0.6) is 5.75 Å². The Morgan fingerprint density at radius 1 is 1.00 bits per heavy atom. The van der Waals surface area contributed by atoms with Crippen molar-refractivity contribution in [2.24, 2.45) is 17.8 Å². The molecule has 2 unspecified atom stereocenters. The van der Waals surface area contributed by atoms with E-state index in [2.05, 4.69) is 31.5 Å². The third-order valence-corrected chi connectivity index (χ3v) is 15.7. The molecule has 1 aliphatic rings. The van der Waals surface area contributed by atoms with Gasteiger partial charge in [-0.05, 0) is 92.1 Å².